The van der Waals surface area contributed by atoms with Crippen LogP contribution in [-0.2, 0) is 9.59 Å². The van der Waals surface area contributed by atoms with E-state index in [-0.39, 0.29) is 30.8 Å². The summed E-state index contributed by atoms with van der Waals surface area (Å²) in [7, 11) is 1.58. The molecular weight excluding hydrogens is 380 g/mol. The standard InChI is InChI=1S/C24H28N2O4/c1-16-8-11-22(30-2)20(12-16)26-14-18(13-23(26)28)24(29)25(19-9-10-19)15-21(27)17-6-4-3-5-7-17/h3-8,11-12,18-19,21,27H,9-10,13-15H2,1-2H3/t18-,21-/m0/s1. The summed E-state index contributed by atoms with van der Waals surface area (Å²) in [6, 6.07) is 15.3. The zero-order chi connectivity index (χ0) is 21.3. The number of methoxy groups -OCH3 is 1. The van der Waals surface area contributed by atoms with Gasteiger partial charge in [-0.3, -0.25) is 9.59 Å². The van der Waals surface area contributed by atoms with Gasteiger partial charge in [-0.05, 0) is 43.0 Å². The number of rotatable bonds is 7. The number of nitrogens with zero attached hydrogens (tertiary/aromatic N) is 2. The quantitative estimate of drug-likeness (QED) is 0.764. The summed E-state index contributed by atoms with van der Waals surface area (Å²) >= 11 is 0. The van der Waals surface area contributed by atoms with Crippen LogP contribution in [0, 0.1) is 12.8 Å². The van der Waals surface area contributed by atoms with E-state index in [4.69, 9.17) is 4.74 Å². The molecule has 2 aromatic rings. The molecule has 2 atom stereocenters. The van der Waals surface area contributed by atoms with Crippen LogP contribution in [0.4, 0.5) is 5.69 Å². The Morgan fingerprint density at radius 2 is 1.97 bits per heavy atom. The van der Waals surface area contributed by atoms with Crippen LogP contribution in [0.5, 0.6) is 5.75 Å². The topological polar surface area (TPSA) is 70.1 Å². The van der Waals surface area contributed by atoms with Crippen LogP contribution in [0.15, 0.2) is 48.5 Å². The molecule has 0 bridgehead atoms. The van der Waals surface area contributed by atoms with Crippen LogP contribution in [0.3, 0.4) is 0 Å². The minimum absolute atomic E-state index is 0.0463. The van der Waals surface area contributed by atoms with E-state index in [1.807, 2.05) is 55.5 Å². The summed E-state index contributed by atoms with van der Waals surface area (Å²) in [5.41, 5.74) is 2.53. The van der Waals surface area contributed by atoms with Gasteiger partial charge in [-0.15, -0.1) is 0 Å². The number of benzene rings is 2. The fourth-order valence-electron chi connectivity index (χ4n) is 4.12. The first-order valence-corrected chi connectivity index (χ1v) is 10.5. The van der Waals surface area contributed by atoms with Crippen LogP contribution < -0.4 is 9.64 Å². The Bertz CT molecular complexity index is 926. The highest BCUT2D eigenvalue weighted by atomic mass is 16.5. The first kappa shape index (κ1) is 20.4. The van der Waals surface area contributed by atoms with Gasteiger partial charge in [0.05, 0.1) is 31.4 Å². The highest BCUT2D eigenvalue weighted by molar-refractivity contribution is 6.01. The molecule has 0 spiro atoms. The van der Waals surface area contributed by atoms with Gasteiger partial charge < -0.3 is 19.6 Å². The normalized spacial score (nSPS) is 19.6. The molecule has 1 aliphatic carbocycles. The van der Waals surface area contributed by atoms with Crippen molar-refractivity contribution in [3.05, 3.63) is 59.7 Å². The predicted octanol–water partition coefficient (Wildman–Crippen LogP) is 3.08. The molecule has 2 aliphatic rings. The fourth-order valence-corrected chi connectivity index (χ4v) is 4.12. The van der Waals surface area contributed by atoms with Crippen molar-refractivity contribution in [1.29, 1.82) is 0 Å². The molecule has 0 unspecified atom stereocenters. The van der Waals surface area contributed by atoms with E-state index in [1.165, 1.54) is 0 Å². The minimum Gasteiger partial charge on any atom is -0.495 e. The van der Waals surface area contributed by atoms with Crippen molar-refractivity contribution >= 4 is 17.5 Å². The Hall–Kier alpha value is -2.86. The fraction of sp³-hybridized carbons (Fsp3) is 0.417. The minimum atomic E-state index is -0.735. The van der Waals surface area contributed by atoms with Crippen molar-refractivity contribution in [2.24, 2.45) is 5.92 Å². The molecule has 1 N–H and O–H groups in total. The predicted molar refractivity (Wildman–Crippen MR) is 114 cm³/mol. The molecule has 2 aromatic carbocycles. The lowest BCUT2D eigenvalue weighted by atomic mass is 10.0. The summed E-state index contributed by atoms with van der Waals surface area (Å²) in [4.78, 5) is 29.6. The average molecular weight is 408 g/mol. The summed E-state index contributed by atoms with van der Waals surface area (Å²) in [6.07, 6.45) is 1.34. The van der Waals surface area contributed by atoms with E-state index < -0.39 is 12.0 Å². The number of anilines is 1. The molecule has 1 aliphatic heterocycles. The Morgan fingerprint density at radius 3 is 2.63 bits per heavy atom. The monoisotopic (exact) mass is 408 g/mol. The molecule has 30 heavy (non-hydrogen) atoms. The van der Waals surface area contributed by atoms with Gasteiger partial charge in [-0.25, -0.2) is 0 Å². The maximum absolute atomic E-state index is 13.3. The smallest absolute Gasteiger partial charge is 0.228 e. The molecular formula is C24H28N2O4. The van der Waals surface area contributed by atoms with E-state index in [2.05, 4.69) is 0 Å². The lowest BCUT2D eigenvalue weighted by Gasteiger charge is -2.28. The molecule has 1 saturated carbocycles. The molecule has 6 heteroatoms. The van der Waals surface area contributed by atoms with Crippen LogP contribution in [0.1, 0.15) is 36.5 Å². The number of hydrogen-bond donors (Lipinski definition) is 1. The molecule has 2 amide bonds. The maximum atomic E-state index is 13.3. The number of aliphatic hydroxyl groups excluding tert-OH is 1. The highest BCUT2D eigenvalue weighted by Crippen LogP contribution is 2.36. The second-order valence-corrected chi connectivity index (χ2v) is 8.23. The van der Waals surface area contributed by atoms with Gasteiger partial charge in [0.15, 0.2) is 0 Å². The zero-order valence-corrected chi connectivity index (χ0v) is 17.5. The molecule has 158 valence electrons. The average Bonchev–Trinajstić information content (AvgIpc) is 3.53. The van der Waals surface area contributed by atoms with Crippen LogP contribution >= 0.6 is 0 Å². The number of carbonyl (C=O) groups is 2. The summed E-state index contributed by atoms with van der Waals surface area (Å²) in [5, 5.41) is 10.7. The van der Waals surface area contributed by atoms with Gasteiger partial charge in [0, 0.05) is 19.0 Å². The van der Waals surface area contributed by atoms with Crippen molar-refractivity contribution in [3.8, 4) is 5.75 Å². The number of hydrogen-bond acceptors (Lipinski definition) is 4. The van der Waals surface area contributed by atoms with Crippen LogP contribution in [0.25, 0.3) is 0 Å². The van der Waals surface area contributed by atoms with Gasteiger partial charge in [0.1, 0.15) is 5.75 Å². The number of carbonyl (C=O) groups excluding carboxylic acids is 2. The number of aliphatic hydroxyl groups is 1. The Labute approximate surface area is 177 Å². The van der Waals surface area contributed by atoms with Crippen LogP contribution in [0.2, 0.25) is 0 Å². The Kier molecular flexibility index (Phi) is 5.77. The summed E-state index contributed by atoms with van der Waals surface area (Å²) in [6.45, 7) is 2.56. The van der Waals surface area contributed by atoms with E-state index in [0.29, 0.717) is 18.0 Å². The third-order valence-corrected chi connectivity index (χ3v) is 5.92. The highest BCUT2D eigenvalue weighted by Gasteiger charge is 2.42. The van der Waals surface area contributed by atoms with Crippen LogP contribution in [-0.4, -0.2) is 48.1 Å². The van der Waals surface area contributed by atoms with E-state index in [9.17, 15) is 14.7 Å². The Balaban J connectivity index is 1.50. The summed E-state index contributed by atoms with van der Waals surface area (Å²) in [5.74, 6) is 0.0958. The zero-order valence-electron chi connectivity index (χ0n) is 17.5. The van der Waals surface area contributed by atoms with Gasteiger partial charge in [0.25, 0.3) is 0 Å². The molecule has 4 rings (SSSR count). The van der Waals surface area contributed by atoms with Crippen molar-refractivity contribution in [3.63, 3.8) is 0 Å². The largest absolute Gasteiger partial charge is 0.495 e. The van der Waals surface area contributed by atoms with Gasteiger partial charge in [-0.2, -0.15) is 0 Å². The van der Waals surface area contributed by atoms with E-state index in [0.717, 1.165) is 24.0 Å². The maximum Gasteiger partial charge on any atom is 0.228 e. The number of ether oxygens (including phenoxy) is 1. The number of aryl methyl sites for hydroxylation is 1. The first-order chi connectivity index (χ1) is 14.5. The second-order valence-electron chi connectivity index (χ2n) is 8.23. The first-order valence-electron chi connectivity index (χ1n) is 10.5. The molecule has 2 fully saturated rings. The number of amides is 2. The van der Waals surface area contributed by atoms with Crippen molar-refractivity contribution in [2.45, 2.75) is 38.3 Å². The molecule has 1 heterocycles. The van der Waals surface area contributed by atoms with E-state index >= 15 is 0 Å². The summed E-state index contributed by atoms with van der Waals surface area (Å²) < 4.78 is 5.43. The van der Waals surface area contributed by atoms with Gasteiger partial charge in [-0.1, -0.05) is 36.4 Å². The SMILES string of the molecule is COc1ccc(C)cc1N1C[C@@H](C(=O)N(C[C@H](O)c2ccccc2)C2CC2)CC1=O. The van der Waals surface area contributed by atoms with Crippen molar-refractivity contribution < 1.29 is 19.4 Å². The van der Waals surface area contributed by atoms with Crippen molar-refractivity contribution in [2.75, 3.05) is 25.1 Å². The molecule has 0 radical (unpaired) electrons. The second kappa shape index (κ2) is 8.48. The third kappa shape index (κ3) is 4.19. The lowest BCUT2D eigenvalue weighted by Crippen LogP contribution is -2.41. The van der Waals surface area contributed by atoms with Gasteiger partial charge in [0.2, 0.25) is 11.8 Å². The molecule has 1 saturated heterocycles. The molecule has 6 nitrogen and oxygen atoms in total. The lowest BCUT2D eigenvalue weighted by molar-refractivity contribution is -0.137. The van der Waals surface area contributed by atoms with Gasteiger partial charge >= 0.3 is 0 Å². The molecule has 0 aromatic heterocycles. The van der Waals surface area contributed by atoms with E-state index in [1.54, 1.807) is 16.9 Å². The Morgan fingerprint density at radius 1 is 1.23 bits per heavy atom. The van der Waals surface area contributed by atoms with Crippen molar-refractivity contribution in [1.82, 2.24) is 4.90 Å². The third-order valence-electron chi connectivity index (χ3n) is 5.92.